The zero-order valence-electron chi connectivity index (χ0n) is 55.0. The van der Waals surface area contributed by atoms with Crippen molar-refractivity contribution in [3.05, 3.63) is 12.2 Å². The summed E-state index contributed by atoms with van der Waals surface area (Å²) in [6, 6.07) is -0.966. The number of amides is 1. The molecule has 0 aromatic carbocycles. The van der Waals surface area contributed by atoms with Crippen LogP contribution in [0, 0.1) is 0 Å². The Kier molecular flexibility index (Phi) is 47.6. The Morgan fingerprint density at radius 1 is 0.398 bits per heavy atom. The number of hydrogen-bond donors (Lipinski definition) is 12. The highest BCUT2D eigenvalue weighted by Gasteiger charge is 2.53. The zero-order chi connectivity index (χ0) is 64.0. The number of ether oxygens (including phenoxy) is 6. The van der Waals surface area contributed by atoms with Gasteiger partial charge in [0.2, 0.25) is 5.91 Å². The van der Waals surface area contributed by atoms with E-state index in [2.05, 4.69) is 19.2 Å². The Bertz CT molecular complexity index is 1650. The van der Waals surface area contributed by atoms with E-state index in [1.54, 1.807) is 6.08 Å². The molecule has 12 N–H and O–H groups in total. The molecule has 1 amide bonds. The summed E-state index contributed by atoms with van der Waals surface area (Å²) in [5.41, 5.74) is 0. The number of aliphatic hydroxyl groups excluding tert-OH is 11. The first kappa shape index (κ1) is 80.8. The monoisotopic (exact) mass is 1260 g/mol. The third-order valence-corrected chi connectivity index (χ3v) is 18.3. The van der Waals surface area contributed by atoms with Crippen LogP contribution in [0.1, 0.15) is 290 Å². The molecule has 3 heterocycles. The van der Waals surface area contributed by atoms with Crippen molar-refractivity contribution in [1.29, 1.82) is 0 Å². The Labute approximate surface area is 531 Å². The minimum absolute atomic E-state index is 0.249. The van der Waals surface area contributed by atoms with E-state index in [0.717, 1.165) is 51.4 Å². The second kappa shape index (κ2) is 51.9. The minimum atomic E-state index is -1.97. The number of unbranched alkanes of at least 4 members (excludes halogenated alkanes) is 40. The molecule has 0 aromatic rings. The van der Waals surface area contributed by atoms with Crippen molar-refractivity contribution >= 4 is 5.91 Å². The molecule has 0 saturated carbocycles. The number of allylic oxidation sites excluding steroid dienone is 1. The summed E-state index contributed by atoms with van der Waals surface area (Å²) in [4.78, 5) is 13.3. The van der Waals surface area contributed by atoms with Crippen LogP contribution in [0.2, 0.25) is 0 Å². The fourth-order valence-corrected chi connectivity index (χ4v) is 12.5. The third-order valence-electron chi connectivity index (χ3n) is 18.3. The maximum Gasteiger partial charge on any atom is 0.220 e. The van der Waals surface area contributed by atoms with Crippen LogP contribution in [-0.4, -0.2) is 193 Å². The number of carbonyl (C=O) groups excluding carboxylic acids is 1. The predicted molar refractivity (Wildman–Crippen MR) is 342 cm³/mol. The van der Waals surface area contributed by atoms with Crippen molar-refractivity contribution < 1.29 is 89.4 Å². The van der Waals surface area contributed by atoms with Crippen molar-refractivity contribution in [3.8, 4) is 0 Å². The highest BCUT2D eigenvalue weighted by molar-refractivity contribution is 5.76. The van der Waals surface area contributed by atoms with Gasteiger partial charge in [0.25, 0.3) is 0 Å². The van der Waals surface area contributed by atoms with E-state index in [9.17, 15) is 61.0 Å². The lowest BCUT2D eigenvalue weighted by Gasteiger charge is -2.48. The van der Waals surface area contributed by atoms with Crippen LogP contribution in [0.4, 0.5) is 0 Å². The molecule has 19 heteroatoms. The van der Waals surface area contributed by atoms with E-state index >= 15 is 0 Å². The maximum absolute atomic E-state index is 13.3. The molecule has 17 atom stereocenters. The van der Waals surface area contributed by atoms with Crippen LogP contribution >= 0.6 is 0 Å². The third kappa shape index (κ3) is 33.6. The number of aliphatic hydroxyl groups is 11. The molecule has 520 valence electrons. The summed E-state index contributed by atoms with van der Waals surface area (Å²) in [6.07, 6.45) is 31.3. The van der Waals surface area contributed by atoms with Gasteiger partial charge in [-0.25, -0.2) is 0 Å². The normalized spacial score (nSPS) is 28.4. The van der Waals surface area contributed by atoms with Crippen LogP contribution in [0.25, 0.3) is 0 Å². The van der Waals surface area contributed by atoms with Gasteiger partial charge in [-0.2, -0.15) is 0 Å². The van der Waals surface area contributed by atoms with Gasteiger partial charge in [0.1, 0.15) is 73.2 Å². The molecule has 3 aliphatic rings. The van der Waals surface area contributed by atoms with E-state index in [1.165, 1.54) is 212 Å². The Hall–Kier alpha value is -1.47. The van der Waals surface area contributed by atoms with Gasteiger partial charge in [-0.15, -0.1) is 0 Å². The smallest absolute Gasteiger partial charge is 0.220 e. The van der Waals surface area contributed by atoms with Gasteiger partial charge in [-0.3, -0.25) is 4.79 Å². The Morgan fingerprint density at radius 3 is 1.07 bits per heavy atom. The largest absolute Gasteiger partial charge is 0.394 e. The van der Waals surface area contributed by atoms with E-state index in [-0.39, 0.29) is 18.9 Å². The number of nitrogens with one attached hydrogen (secondary N) is 1. The molecular weight excluding hydrogens is 1130 g/mol. The fourth-order valence-electron chi connectivity index (χ4n) is 12.5. The van der Waals surface area contributed by atoms with Crippen molar-refractivity contribution in [2.24, 2.45) is 0 Å². The van der Waals surface area contributed by atoms with Gasteiger partial charge in [0.05, 0.1) is 38.6 Å². The average molecular weight is 1260 g/mol. The van der Waals surface area contributed by atoms with E-state index in [4.69, 9.17) is 28.4 Å². The highest BCUT2D eigenvalue weighted by atomic mass is 16.8. The Morgan fingerprint density at radius 2 is 0.705 bits per heavy atom. The quantitative estimate of drug-likeness (QED) is 0.0199. The number of hydrogen-bond acceptors (Lipinski definition) is 18. The van der Waals surface area contributed by atoms with Crippen molar-refractivity contribution in [1.82, 2.24) is 5.32 Å². The number of rotatable bonds is 56. The summed E-state index contributed by atoms with van der Waals surface area (Å²) < 4.78 is 34.2. The van der Waals surface area contributed by atoms with E-state index in [0.29, 0.717) is 6.42 Å². The first-order valence-corrected chi connectivity index (χ1v) is 35.9. The Balaban J connectivity index is 1.27. The van der Waals surface area contributed by atoms with Crippen LogP contribution < -0.4 is 5.32 Å². The lowest BCUT2D eigenvalue weighted by molar-refractivity contribution is -0.379. The van der Waals surface area contributed by atoms with E-state index < -0.39 is 124 Å². The van der Waals surface area contributed by atoms with Crippen molar-refractivity contribution in [2.45, 2.75) is 394 Å². The molecular formula is C69H131NO18. The van der Waals surface area contributed by atoms with Gasteiger partial charge in [-0.05, 0) is 19.3 Å². The van der Waals surface area contributed by atoms with Gasteiger partial charge < -0.3 is 89.9 Å². The second-order valence-electron chi connectivity index (χ2n) is 26.1. The zero-order valence-corrected chi connectivity index (χ0v) is 55.0. The summed E-state index contributed by atoms with van der Waals surface area (Å²) in [7, 11) is 0. The standard InChI is InChI=1S/C69H131NO18/c1-3-5-7-9-11-13-14-15-16-17-18-19-20-21-22-23-24-25-26-27-28-29-30-31-32-33-34-35-36-37-38-39-41-43-45-47-57(75)70-52(53(74)46-44-42-40-12-10-8-6-4-2)51-83-67-63(81)60(78)65(55(49-72)85-67)88-69-64(82)61(79)66(56(50-73)86-69)87-68-62(80)59(77)58(76)54(48-71)84-68/h44,46,52-56,58-69,71-74,76-82H,3-43,45,47-51H2,1-2H3,(H,70,75)/b46-44+. The molecule has 3 aliphatic heterocycles. The summed E-state index contributed by atoms with van der Waals surface area (Å²) in [6.45, 7) is 1.70. The number of carbonyl (C=O) groups is 1. The lowest BCUT2D eigenvalue weighted by atomic mass is 9.96. The van der Waals surface area contributed by atoms with Gasteiger partial charge in [-0.1, -0.05) is 276 Å². The molecule has 3 saturated heterocycles. The van der Waals surface area contributed by atoms with Crippen LogP contribution in [0.5, 0.6) is 0 Å². The summed E-state index contributed by atoms with van der Waals surface area (Å²) >= 11 is 0. The first-order valence-electron chi connectivity index (χ1n) is 35.9. The fraction of sp³-hybridized carbons (Fsp3) is 0.957. The summed E-state index contributed by atoms with van der Waals surface area (Å²) in [5.74, 6) is -0.273. The molecule has 3 rings (SSSR count). The van der Waals surface area contributed by atoms with Gasteiger partial charge in [0.15, 0.2) is 18.9 Å². The predicted octanol–water partition coefficient (Wildman–Crippen LogP) is 9.67. The van der Waals surface area contributed by atoms with E-state index in [1.807, 2.05) is 6.08 Å². The SMILES string of the molecule is CCCCCCCC/C=C/C(O)C(COC1OC(CO)C(OC2OC(CO)C(OC3OC(CO)C(O)C(O)C3O)C(O)C2O)C(O)C1O)NC(=O)CCCCCCCCCCCCCCCCCCCCCCCCCCCCCCCCCCCCC. The molecule has 0 aliphatic carbocycles. The average Bonchev–Trinajstić information content (AvgIpc) is 0.958. The second-order valence-corrected chi connectivity index (χ2v) is 26.1. The van der Waals surface area contributed by atoms with Crippen LogP contribution in [-0.2, 0) is 33.2 Å². The van der Waals surface area contributed by atoms with Crippen molar-refractivity contribution in [2.75, 3.05) is 26.4 Å². The molecule has 0 radical (unpaired) electrons. The van der Waals surface area contributed by atoms with Gasteiger partial charge >= 0.3 is 0 Å². The molecule has 0 bridgehead atoms. The molecule has 0 aromatic heterocycles. The van der Waals surface area contributed by atoms with Crippen molar-refractivity contribution in [3.63, 3.8) is 0 Å². The molecule has 19 nitrogen and oxygen atoms in total. The maximum atomic E-state index is 13.3. The lowest BCUT2D eigenvalue weighted by Crippen LogP contribution is -2.66. The molecule has 0 spiro atoms. The van der Waals surface area contributed by atoms with Crippen LogP contribution in [0.3, 0.4) is 0 Å². The van der Waals surface area contributed by atoms with Gasteiger partial charge in [0, 0.05) is 6.42 Å². The summed E-state index contributed by atoms with van der Waals surface area (Å²) in [5, 5.41) is 120. The molecule has 88 heavy (non-hydrogen) atoms. The molecule has 3 fully saturated rings. The first-order chi connectivity index (χ1) is 42.8. The van der Waals surface area contributed by atoms with Crippen LogP contribution in [0.15, 0.2) is 12.2 Å². The minimum Gasteiger partial charge on any atom is -0.394 e. The highest BCUT2D eigenvalue weighted by Crippen LogP contribution is 2.33. The topological polar surface area (TPSA) is 307 Å². The molecule has 17 unspecified atom stereocenters.